The molecule has 0 fully saturated rings. The summed E-state index contributed by atoms with van der Waals surface area (Å²) in [4.78, 5) is 5.28. The average molecular weight is 222 g/mol. The van der Waals surface area contributed by atoms with E-state index in [1.807, 2.05) is 24.4 Å². The first kappa shape index (κ1) is 9.55. The average Bonchev–Trinajstić information content (AvgIpc) is 2.62. The van der Waals surface area contributed by atoms with Crippen molar-refractivity contribution in [3.63, 3.8) is 0 Å². The van der Waals surface area contributed by atoms with Gasteiger partial charge in [-0.25, -0.2) is 4.98 Å². The van der Waals surface area contributed by atoms with Crippen LogP contribution in [0.2, 0.25) is 0 Å². The molecule has 0 radical (unpaired) electrons. The van der Waals surface area contributed by atoms with Gasteiger partial charge in [-0.3, -0.25) is 0 Å². The lowest BCUT2D eigenvalue weighted by molar-refractivity contribution is 1.24. The highest BCUT2D eigenvalue weighted by Gasteiger charge is 2.03. The number of nitrogens with zero attached hydrogens (tertiary/aromatic N) is 1. The molecule has 0 spiro atoms. The molecule has 0 aliphatic heterocycles. The molecule has 2 aromatic rings. The number of thiazole rings is 1. The highest BCUT2D eigenvalue weighted by Crippen LogP contribution is 2.33. The SMILES string of the molecule is Cc1ccc(Sc2nccs2)c(N)c1. The van der Waals surface area contributed by atoms with Crippen LogP contribution < -0.4 is 5.73 Å². The van der Waals surface area contributed by atoms with Crippen LogP contribution in [0.1, 0.15) is 5.56 Å². The number of hydrogen-bond acceptors (Lipinski definition) is 4. The van der Waals surface area contributed by atoms with Gasteiger partial charge in [-0.2, -0.15) is 0 Å². The van der Waals surface area contributed by atoms with Crippen molar-refractivity contribution in [2.75, 3.05) is 5.73 Å². The maximum atomic E-state index is 5.89. The Kier molecular flexibility index (Phi) is 2.74. The van der Waals surface area contributed by atoms with Gasteiger partial charge in [0.15, 0.2) is 4.34 Å². The van der Waals surface area contributed by atoms with Gasteiger partial charge in [0.25, 0.3) is 0 Å². The molecule has 0 bridgehead atoms. The quantitative estimate of drug-likeness (QED) is 0.793. The van der Waals surface area contributed by atoms with Gasteiger partial charge in [0, 0.05) is 22.2 Å². The first-order valence-corrected chi connectivity index (χ1v) is 5.89. The Labute approximate surface area is 91.2 Å². The molecule has 0 atom stereocenters. The number of anilines is 1. The van der Waals surface area contributed by atoms with E-state index in [4.69, 9.17) is 5.73 Å². The van der Waals surface area contributed by atoms with E-state index in [2.05, 4.69) is 11.1 Å². The molecule has 0 unspecified atom stereocenters. The summed E-state index contributed by atoms with van der Waals surface area (Å²) in [6.07, 6.45) is 1.80. The maximum Gasteiger partial charge on any atom is 0.154 e. The molecule has 72 valence electrons. The van der Waals surface area contributed by atoms with Crippen molar-refractivity contribution in [1.29, 1.82) is 0 Å². The van der Waals surface area contributed by atoms with Gasteiger partial charge >= 0.3 is 0 Å². The summed E-state index contributed by atoms with van der Waals surface area (Å²) in [5.41, 5.74) is 7.90. The maximum absolute atomic E-state index is 5.89. The standard InChI is InChI=1S/C10H10N2S2/c1-7-2-3-9(8(11)6-7)14-10-12-4-5-13-10/h2-6H,11H2,1H3. The van der Waals surface area contributed by atoms with Gasteiger partial charge < -0.3 is 5.73 Å². The van der Waals surface area contributed by atoms with Gasteiger partial charge in [0.05, 0.1) is 0 Å². The first-order valence-electron chi connectivity index (χ1n) is 4.19. The van der Waals surface area contributed by atoms with Gasteiger partial charge in [-0.1, -0.05) is 17.8 Å². The Morgan fingerprint density at radius 3 is 2.93 bits per heavy atom. The zero-order valence-electron chi connectivity index (χ0n) is 7.73. The van der Waals surface area contributed by atoms with E-state index in [0.29, 0.717) is 0 Å². The highest BCUT2D eigenvalue weighted by atomic mass is 32.2. The fourth-order valence-corrected chi connectivity index (χ4v) is 2.72. The fraction of sp³-hybridized carbons (Fsp3) is 0.100. The molecule has 2 rings (SSSR count). The summed E-state index contributed by atoms with van der Waals surface area (Å²) in [7, 11) is 0. The molecular formula is C10H10N2S2. The van der Waals surface area contributed by atoms with Crippen molar-refractivity contribution in [3.8, 4) is 0 Å². The molecule has 0 saturated carbocycles. The Hall–Kier alpha value is -1.00. The lowest BCUT2D eigenvalue weighted by atomic mass is 10.2. The third kappa shape index (κ3) is 2.08. The van der Waals surface area contributed by atoms with E-state index in [0.717, 1.165) is 14.9 Å². The molecular weight excluding hydrogens is 212 g/mol. The number of aryl methyl sites for hydroxylation is 1. The molecule has 0 aliphatic rings. The van der Waals surface area contributed by atoms with Crippen LogP contribution >= 0.6 is 23.1 Å². The van der Waals surface area contributed by atoms with Crippen molar-refractivity contribution in [2.24, 2.45) is 0 Å². The molecule has 0 aliphatic carbocycles. The predicted octanol–water partition coefficient (Wildman–Crippen LogP) is 3.18. The lowest BCUT2D eigenvalue weighted by Crippen LogP contribution is -1.88. The second-order valence-electron chi connectivity index (χ2n) is 2.94. The van der Waals surface area contributed by atoms with Crippen molar-refractivity contribution < 1.29 is 0 Å². The molecule has 1 aromatic heterocycles. The minimum absolute atomic E-state index is 0.824. The van der Waals surface area contributed by atoms with E-state index in [9.17, 15) is 0 Å². The minimum Gasteiger partial charge on any atom is -0.398 e. The Morgan fingerprint density at radius 2 is 2.29 bits per heavy atom. The summed E-state index contributed by atoms with van der Waals surface area (Å²) < 4.78 is 1.03. The second kappa shape index (κ2) is 4.02. The van der Waals surface area contributed by atoms with Crippen molar-refractivity contribution in [1.82, 2.24) is 4.98 Å². The van der Waals surface area contributed by atoms with Crippen LogP contribution in [-0.4, -0.2) is 4.98 Å². The summed E-state index contributed by atoms with van der Waals surface area (Å²) in [6.45, 7) is 2.04. The number of aromatic nitrogens is 1. The van der Waals surface area contributed by atoms with E-state index < -0.39 is 0 Å². The number of rotatable bonds is 2. The largest absolute Gasteiger partial charge is 0.398 e. The molecule has 1 aromatic carbocycles. The fourth-order valence-electron chi connectivity index (χ4n) is 1.12. The van der Waals surface area contributed by atoms with E-state index in [1.54, 1.807) is 29.3 Å². The van der Waals surface area contributed by atoms with Crippen molar-refractivity contribution in [3.05, 3.63) is 35.3 Å². The third-order valence-electron chi connectivity index (χ3n) is 1.77. The zero-order chi connectivity index (χ0) is 9.97. The smallest absolute Gasteiger partial charge is 0.154 e. The summed E-state index contributed by atoms with van der Waals surface area (Å²) in [6, 6.07) is 6.08. The van der Waals surface area contributed by atoms with Crippen molar-refractivity contribution in [2.45, 2.75) is 16.2 Å². The predicted molar refractivity (Wildman–Crippen MR) is 61.8 cm³/mol. The zero-order valence-corrected chi connectivity index (χ0v) is 9.36. The monoisotopic (exact) mass is 222 g/mol. The topological polar surface area (TPSA) is 38.9 Å². The van der Waals surface area contributed by atoms with Crippen LogP contribution in [-0.2, 0) is 0 Å². The summed E-state index contributed by atoms with van der Waals surface area (Å²) >= 11 is 3.24. The molecule has 0 saturated heterocycles. The van der Waals surface area contributed by atoms with Crippen LogP contribution in [0.3, 0.4) is 0 Å². The lowest BCUT2D eigenvalue weighted by Gasteiger charge is -2.03. The second-order valence-corrected chi connectivity index (χ2v) is 5.12. The van der Waals surface area contributed by atoms with Crippen LogP contribution in [0.15, 0.2) is 39.0 Å². The molecule has 14 heavy (non-hydrogen) atoms. The van der Waals surface area contributed by atoms with Crippen LogP contribution in [0.5, 0.6) is 0 Å². The Balaban J connectivity index is 2.25. The molecule has 1 heterocycles. The van der Waals surface area contributed by atoms with Gasteiger partial charge in [-0.05, 0) is 24.6 Å². The van der Waals surface area contributed by atoms with Gasteiger partial charge in [0.1, 0.15) is 0 Å². The van der Waals surface area contributed by atoms with Crippen LogP contribution in [0.25, 0.3) is 0 Å². The van der Waals surface area contributed by atoms with Crippen molar-refractivity contribution >= 4 is 28.8 Å². The molecule has 2 N–H and O–H groups in total. The van der Waals surface area contributed by atoms with Crippen LogP contribution in [0, 0.1) is 6.92 Å². The molecule has 2 nitrogen and oxygen atoms in total. The molecule has 4 heteroatoms. The van der Waals surface area contributed by atoms with Crippen LogP contribution in [0.4, 0.5) is 5.69 Å². The Bertz CT molecular complexity index is 424. The summed E-state index contributed by atoms with van der Waals surface area (Å²) in [5.74, 6) is 0. The Morgan fingerprint density at radius 1 is 1.43 bits per heavy atom. The normalized spacial score (nSPS) is 10.4. The van der Waals surface area contributed by atoms with Gasteiger partial charge in [-0.15, -0.1) is 11.3 Å². The molecule has 0 amide bonds. The number of hydrogen-bond donors (Lipinski definition) is 1. The number of benzene rings is 1. The number of nitrogen functional groups attached to an aromatic ring is 1. The third-order valence-corrected chi connectivity index (χ3v) is 3.75. The van der Waals surface area contributed by atoms with E-state index in [1.165, 1.54) is 5.56 Å². The van der Waals surface area contributed by atoms with Gasteiger partial charge in [0.2, 0.25) is 0 Å². The van der Waals surface area contributed by atoms with E-state index in [-0.39, 0.29) is 0 Å². The summed E-state index contributed by atoms with van der Waals surface area (Å²) in [5, 5.41) is 1.96. The first-order chi connectivity index (χ1) is 6.75. The van der Waals surface area contributed by atoms with E-state index >= 15 is 0 Å². The number of nitrogens with two attached hydrogens (primary N) is 1. The highest BCUT2D eigenvalue weighted by molar-refractivity contribution is 8.01. The minimum atomic E-state index is 0.824.